The Bertz CT molecular complexity index is 1170. The van der Waals surface area contributed by atoms with E-state index < -0.39 is 11.0 Å². The van der Waals surface area contributed by atoms with Crippen molar-refractivity contribution in [3.63, 3.8) is 0 Å². The van der Waals surface area contributed by atoms with E-state index in [0.29, 0.717) is 11.5 Å². The quantitative estimate of drug-likeness (QED) is 0.225. The van der Waals surface area contributed by atoms with Gasteiger partial charge in [-0.2, -0.15) is 0 Å². The van der Waals surface area contributed by atoms with E-state index in [-0.39, 0.29) is 23.8 Å². The maximum atomic E-state index is 12.9. The molecular formula is C27H31N4O3+. The lowest BCUT2D eigenvalue weighted by Gasteiger charge is -2.61. The summed E-state index contributed by atoms with van der Waals surface area (Å²) in [5, 5.41) is 17.9. The molecule has 5 atom stereocenters. The van der Waals surface area contributed by atoms with Gasteiger partial charge in [0.05, 0.1) is 23.6 Å². The molecule has 34 heavy (non-hydrogen) atoms. The average molecular weight is 460 g/mol. The second-order valence-electron chi connectivity index (χ2n) is 11.2. The number of hydrogen-bond donors (Lipinski definition) is 2. The fraction of sp³-hybridized carbons (Fsp3) is 0.556. The monoisotopic (exact) mass is 459 g/mol. The fourth-order valence-corrected chi connectivity index (χ4v) is 7.78. The molecular weight excluding hydrogens is 428 g/mol. The van der Waals surface area contributed by atoms with Gasteiger partial charge < -0.3 is 21.1 Å². The number of hydrogen-bond acceptors (Lipinski definition) is 4. The second-order valence-corrected chi connectivity index (χ2v) is 11.2. The highest BCUT2D eigenvalue weighted by molar-refractivity contribution is 6.49. The summed E-state index contributed by atoms with van der Waals surface area (Å²) in [6.45, 7) is 2.88. The van der Waals surface area contributed by atoms with Crippen LogP contribution in [0, 0.1) is 17.3 Å². The van der Waals surface area contributed by atoms with Crippen LogP contribution in [0.1, 0.15) is 38.5 Å². The van der Waals surface area contributed by atoms with Crippen molar-refractivity contribution in [1.82, 2.24) is 4.90 Å². The molecule has 176 valence electrons. The number of carbonyl (C=O) groups is 1. The van der Waals surface area contributed by atoms with Gasteiger partial charge in [-0.1, -0.05) is 6.08 Å². The Balaban J connectivity index is 1.25. The van der Waals surface area contributed by atoms with E-state index in [2.05, 4.69) is 15.3 Å². The minimum Gasteiger partial charge on any atom is -0.706 e. The standard InChI is InChI=1S/C27H30N4O3/c28-30-20-6-4-19(5-7-20)29-14-18-9-10-27(33)22-13-17-3-8-21(32)24-23(17)26(27,25(18)34-24)11-12-31(22)15-16-1-2-16/h3-8,16,18,22,25,29,33H,1-2,9-15H2/p+1/t18-,22-,25+,26+,27-/m1/s1. The largest absolute Gasteiger partial charge is 0.706 e. The van der Waals surface area contributed by atoms with E-state index in [1.54, 1.807) is 18.2 Å². The van der Waals surface area contributed by atoms with Crippen LogP contribution in [0.15, 0.2) is 52.7 Å². The number of nitrogens with two attached hydrogens (primary N) is 1. The van der Waals surface area contributed by atoms with Crippen LogP contribution in [0.2, 0.25) is 0 Å². The molecule has 2 saturated carbocycles. The van der Waals surface area contributed by atoms with Crippen molar-refractivity contribution in [2.45, 2.75) is 56.3 Å². The highest BCUT2D eigenvalue weighted by atomic mass is 16.4. The summed E-state index contributed by atoms with van der Waals surface area (Å²) in [7, 11) is 0. The number of quaternary nitrogens is 1. The second kappa shape index (κ2) is 7.26. The van der Waals surface area contributed by atoms with Crippen molar-refractivity contribution in [2.24, 2.45) is 22.4 Å². The van der Waals surface area contributed by atoms with Gasteiger partial charge in [0.2, 0.25) is 0 Å². The maximum absolute atomic E-state index is 12.9. The lowest BCUT2D eigenvalue weighted by Crippen LogP contribution is -2.82. The highest BCUT2D eigenvalue weighted by Gasteiger charge is 2.79. The molecule has 1 spiro atoms. The van der Waals surface area contributed by atoms with Crippen LogP contribution in [0.3, 0.4) is 0 Å². The van der Waals surface area contributed by atoms with E-state index in [9.17, 15) is 9.90 Å². The van der Waals surface area contributed by atoms with E-state index >= 15 is 0 Å². The summed E-state index contributed by atoms with van der Waals surface area (Å²) in [4.78, 5) is 15.5. The number of ketones is 2. The number of nitrogens with zero attached hydrogens (tertiary/aromatic N) is 3. The smallest absolute Gasteiger partial charge is 0.395 e. The number of likely N-dealkylation sites (tertiary alicyclic amines) is 1. The van der Waals surface area contributed by atoms with Crippen LogP contribution < -0.4 is 5.32 Å². The number of allylic oxidation sites excluding steroid dienone is 2. The molecule has 3 N–H and O–H groups in total. The lowest BCUT2D eigenvalue weighted by atomic mass is 9.46. The van der Waals surface area contributed by atoms with Crippen molar-refractivity contribution in [3.05, 3.63) is 53.1 Å². The molecule has 7 nitrogen and oxygen atoms in total. The summed E-state index contributed by atoms with van der Waals surface area (Å²) in [6.07, 6.45) is 9.41. The van der Waals surface area contributed by atoms with Gasteiger partial charge >= 0.3 is 5.78 Å². The number of aliphatic hydroxyl groups is 1. The first kappa shape index (κ1) is 20.9. The summed E-state index contributed by atoms with van der Waals surface area (Å²) in [6, 6.07) is 7.60. The van der Waals surface area contributed by atoms with E-state index in [0.717, 1.165) is 62.5 Å². The highest BCUT2D eigenvalue weighted by Crippen LogP contribution is 2.65. The van der Waals surface area contributed by atoms with Crippen LogP contribution in [0.4, 0.5) is 11.4 Å². The molecule has 2 aliphatic heterocycles. The van der Waals surface area contributed by atoms with Crippen molar-refractivity contribution in [1.29, 1.82) is 0 Å². The van der Waals surface area contributed by atoms with Gasteiger partial charge in [0, 0.05) is 30.4 Å². The van der Waals surface area contributed by atoms with Gasteiger partial charge in [0.1, 0.15) is 11.1 Å². The molecule has 1 saturated heterocycles. The Morgan fingerprint density at radius 3 is 2.76 bits per heavy atom. The molecule has 0 amide bonds. The molecule has 6 aliphatic rings. The van der Waals surface area contributed by atoms with Gasteiger partial charge in [-0.05, 0) is 74.8 Å². The Kier molecular flexibility index (Phi) is 4.45. The van der Waals surface area contributed by atoms with Crippen molar-refractivity contribution >= 4 is 22.9 Å². The van der Waals surface area contributed by atoms with E-state index in [1.807, 2.05) is 18.2 Å². The molecule has 3 fully saturated rings. The molecule has 1 aromatic rings. The molecule has 1 aromatic carbocycles. The van der Waals surface area contributed by atoms with Crippen LogP contribution in [0.5, 0.6) is 0 Å². The van der Waals surface area contributed by atoms with Crippen molar-refractivity contribution < 1.29 is 19.6 Å². The zero-order chi connectivity index (χ0) is 23.1. The van der Waals surface area contributed by atoms with Crippen LogP contribution in [0.25, 0.3) is 5.53 Å². The fourth-order valence-electron chi connectivity index (χ4n) is 7.78. The number of carbonyl (C=O) groups excluding carboxylic acids is 2. The van der Waals surface area contributed by atoms with Crippen LogP contribution in [-0.2, 0) is 9.22 Å². The first-order chi connectivity index (χ1) is 16.5. The number of rotatable bonds is 6. The Morgan fingerprint density at radius 1 is 1.18 bits per heavy atom. The van der Waals surface area contributed by atoms with E-state index in [1.165, 1.54) is 18.4 Å². The van der Waals surface area contributed by atoms with Gasteiger partial charge in [-0.3, -0.25) is 9.69 Å². The van der Waals surface area contributed by atoms with Crippen LogP contribution >= 0.6 is 0 Å². The summed E-state index contributed by atoms with van der Waals surface area (Å²) in [5.74, 6) is 1.48. The Hall–Kier alpha value is -2.48. The lowest BCUT2D eigenvalue weighted by molar-refractivity contribution is -0.604. The maximum Gasteiger partial charge on any atom is 0.395 e. The SMILES string of the molecule is [N-]=Nc1ccc([NH2+]C[C@H]2CC[C@@]3(O)[C@H]4CC5=C6C(=[O+][C@@H]2[C@]63CCN4CC2CC2)C(=O)C=C5)cc1. The minimum atomic E-state index is -0.850. The number of benzene rings is 1. The first-order valence-electron chi connectivity index (χ1n) is 12.8. The van der Waals surface area contributed by atoms with Gasteiger partial charge in [-0.15, -0.1) is 0 Å². The normalized spacial score (nSPS) is 38.1. The first-order valence-corrected chi connectivity index (χ1v) is 12.8. The molecule has 0 radical (unpaired) electrons. The van der Waals surface area contributed by atoms with Gasteiger partial charge in [0.15, 0.2) is 0 Å². The zero-order valence-corrected chi connectivity index (χ0v) is 19.3. The molecule has 7 rings (SSSR count). The van der Waals surface area contributed by atoms with Crippen molar-refractivity contribution in [3.8, 4) is 0 Å². The third-order valence-electron chi connectivity index (χ3n) is 9.53. The molecule has 0 aromatic heterocycles. The molecule has 0 unspecified atom stereocenters. The zero-order valence-electron chi connectivity index (χ0n) is 19.3. The van der Waals surface area contributed by atoms with Gasteiger partial charge in [0.25, 0.3) is 11.9 Å². The molecule has 4 aliphatic carbocycles. The Morgan fingerprint density at radius 2 is 2.00 bits per heavy atom. The molecule has 2 bridgehead atoms. The molecule has 2 heterocycles. The van der Waals surface area contributed by atoms with E-state index in [4.69, 9.17) is 9.96 Å². The number of piperidine rings is 1. The van der Waals surface area contributed by atoms with Crippen LogP contribution in [-0.4, -0.2) is 59.0 Å². The summed E-state index contributed by atoms with van der Waals surface area (Å²) >= 11 is 0. The van der Waals surface area contributed by atoms with Crippen molar-refractivity contribution in [2.75, 3.05) is 19.6 Å². The molecule has 7 heteroatoms. The predicted molar refractivity (Wildman–Crippen MR) is 126 cm³/mol. The predicted octanol–water partition coefficient (Wildman–Crippen LogP) is 2.47. The van der Waals surface area contributed by atoms with Gasteiger partial charge in [-0.25, -0.2) is 4.42 Å². The third-order valence-corrected chi connectivity index (χ3v) is 9.53. The summed E-state index contributed by atoms with van der Waals surface area (Å²) < 4.78 is 6.58. The average Bonchev–Trinajstić information content (AvgIpc) is 3.59. The Labute approximate surface area is 199 Å². The summed E-state index contributed by atoms with van der Waals surface area (Å²) in [5.41, 5.74) is 11.5. The topological polar surface area (TPSA) is 103 Å². The minimum absolute atomic E-state index is 0.0465. The third kappa shape index (κ3) is 2.75.